The zero-order valence-corrected chi connectivity index (χ0v) is 85.8. The molecule has 0 bridgehead atoms. The maximum absolute atomic E-state index is 13.7. The maximum Gasteiger partial charge on any atom is 0.417 e. The zero-order valence-electron chi connectivity index (χ0n) is 84.3. The number of fused-ring (bicyclic) bond motifs is 16. The van der Waals surface area contributed by atoms with Crippen LogP contribution in [0.3, 0.4) is 0 Å². The monoisotopic (exact) mass is 1990 g/mol. The summed E-state index contributed by atoms with van der Waals surface area (Å²) in [5.74, 6) is 0.493. The summed E-state index contributed by atoms with van der Waals surface area (Å²) in [6.45, 7) is 30.4. The van der Waals surface area contributed by atoms with E-state index in [0.717, 1.165) is 188 Å². The molecule has 0 atom stereocenters. The summed E-state index contributed by atoms with van der Waals surface area (Å²) in [5, 5.41) is 9.64. The van der Waals surface area contributed by atoms with Gasteiger partial charge in [-0.05, 0) is 272 Å². The van der Waals surface area contributed by atoms with E-state index in [1.165, 1.54) is 19.6 Å². The number of rotatable bonds is 10. The van der Waals surface area contributed by atoms with Crippen molar-refractivity contribution in [1.82, 2.24) is 97.5 Å². The first-order valence-electron chi connectivity index (χ1n) is 48.9. The summed E-state index contributed by atoms with van der Waals surface area (Å²) in [4.78, 5) is 165. The molecule has 20 rings (SSSR count). The summed E-state index contributed by atoms with van der Waals surface area (Å²) in [5.41, 5.74) is 1.56. The van der Waals surface area contributed by atoms with Crippen molar-refractivity contribution in [2.24, 2.45) is 0 Å². The molecule has 42 heteroatoms. The lowest BCUT2D eigenvalue weighted by Crippen LogP contribution is -2.57. The molecule has 10 aromatic heterocycles. The van der Waals surface area contributed by atoms with Crippen molar-refractivity contribution >= 4 is 150 Å². The molecule has 0 aromatic carbocycles. The molecule has 6 fully saturated rings. The van der Waals surface area contributed by atoms with E-state index in [1.807, 2.05) is 42.8 Å². The lowest BCUT2D eigenvalue weighted by Gasteiger charge is -2.47. The Kier molecular flexibility index (Phi) is 28.6. The number of nitrogens with zero attached hydrogens (tertiary/aromatic N) is 22. The van der Waals surface area contributed by atoms with E-state index in [1.54, 1.807) is 161 Å². The predicted octanol–water partition coefficient (Wildman–Crippen LogP) is 15.5. The number of amides is 8. The van der Waals surface area contributed by atoms with Crippen molar-refractivity contribution in [3.05, 3.63) is 119 Å². The number of anilines is 6. The van der Waals surface area contributed by atoms with Gasteiger partial charge in [-0.25, -0.2) is 68.7 Å². The average Bonchev–Trinajstić information content (AvgIpc) is 1.57. The summed E-state index contributed by atoms with van der Waals surface area (Å²) >= 11 is 12.1. The fourth-order valence-corrected chi connectivity index (χ4v) is 21.6. The minimum atomic E-state index is -0.717. The van der Waals surface area contributed by atoms with Gasteiger partial charge in [-0.15, -0.1) is 0 Å². The Morgan fingerprint density at radius 1 is 0.338 bits per heavy atom. The molecule has 2 saturated heterocycles. The smallest absolute Gasteiger partial charge is 0.417 e. The highest BCUT2D eigenvalue weighted by Gasteiger charge is 2.55. The third-order valence-electron chi connectivity index (χ3n) is 28.6. The van der Waals surface area contributed by atoms with Gasteiger partial charge in [-0.3, -0.25) is 19.2 Å². The summed E-state index contributed by atoms with van der Waals surface area (Å²) in [6.07, 6.45) is 20.9. The number of halogens is 2. The number of carbonyl (C=O) groups is 8. The van der Waals surface area contributed by atoms with E-state index in [9.17, 15) is 38.4 Å². The molecule has 0 radical (unpaired) electrons. The number of likely N-dealkylation sites (N-methyl/N-ethyl adjacent to an activating group) is 2. The van der Waals surface area contributed by atoms with Gasteiger partial charge in [0.2, 0.25) is 22.5 Å². The molecule has 40 nitrogen and oxygen atoms in total. The highest BCUT2D eigenvalue weighted by atomic mass is 35.5. The molecule has 4 spiro atoms. The minimum Gasteiger partial charge on any atom is -0.443 e. The molecule has 10 aliphatic rings. The van der Waals surface area contributed by atoms with Crippen molar-refractivity contribution in [3.8, 4) is 0 Å². The highest BCUT2D eigenvalue weighted by molar-refractivity contribution is 6.29. The minimum absolute atomic E-state index is 0.126. The summed E-state index contributed by atoms with van der Waals surface area (Å²) in [6, 6.07) is 15.0. The second kappa shape index (κ2) is 40.0. The van der Waals surface area contributed by atoms with Crippen LogP contribution in [0.15, 0.2) is 85.7 Å². The first kappa shape index (κ1) is 102. The lowest BCUT2D eigenvalue weighted by molar-refractivity contribution is -0.00848. The van der Waals surface area contributed by atoms with E-state index >= 15 is 0 Å². The summed E-state index contributed by atoms with van der Waals surface area (Å²) < 4.78 is 52.7. The number of imide groups is 4. The van der Waals surface area contributed by atoms with Gasteiger partial charge in [0, 0.05) is 127 Å². The van der Waals surface area contributed by atoms with Gasteiger partial charge in [0.15, 0.2) is 0 Å². The number of piperazine rings is 2. The van der Waals surface area contributed by atoms with Gasteiger partial charge < -0.3 is 86.4 Å². The number of nitrogens with one attached hydrogen (secondary N) is 2. The van der Waals surface area contributed by atoms with Crippen molar-refractivity contribution in [2.45, 2.75) is 255 Å². The Balaban J connectivity index is 0.000000132. The summed E-state index contributed by atoms with van der Waals surface area (Å²) in [7, 11) is 11.2. The van der Waals surface area contributed by atoms with E-state index in [4.69, 9.17) is 71.1 Å². The molecular formula is C100H130Cl2N24O16. The van der Waals surface area contributed by atoms with Crippen LogP contribution in [0.25, 0.3) is 44.1 Å². The zero-order chi connectivity index (χ0) is 101. The van der Waals surface area contributed by atoms with E-state index in [2.05, 4.69) is 96.3 Å². The fourth-order valence-electron chi connectivity index (χ4n) is 21.4. The number of methoxy groups -OCH3 is 4. The fraction of sp³-hybridized carbons (Fsp3) is 0.580. The number of aromatic nitrogens is 14. The topological polar surface area (TPSA) is 409 Å². The molecule has 760 valence electrons. The molecule has 142 heavy (non-hydrogen) atoms. The quantitative estimate of drug-likeness (QED) is 0.0948. The van der Waals surface area contributed by atoms with Gasteiger partial charge >= 0.3 is 24.4 Å². The third kappa shape index (κ3) is 21.2. The first-order valence-corrected chi connectivity index (χ1v) is 49.6. The van der Waals surface area contributed by atoms with Crippen LogP contribution in [-0.4, -0.2) is 313 Å². The molecular weight excluding hydrogens is 1860 g/mol. The Morgan fingerprint density at radius 2 is 0.577 bits per heavy atom. The molecule has 4 saturated carbocycles. The second-order valence-electron chi connectivity index (χ2n) is 43.0. The molecule has 4 aliphatic carbocycles. The van der Waals surface area contributed by atoms with Crippen LogP contribution >= 0.6 is 23.2 Å². The number of hydrogen-bond acceptors (Lipinski definition) is 32. The number of pyridine rings is 2. The van der Waals surface area contributed by atoms with Gasteiger partial charge in [-0.2, -0.15) is 19.9 Å². The van der Waals surface area contributed by atoms with Crippen LogP contribution in [0.5, 0.6) is 0 Å². The van der Waals surface area contributed by atoms with Gasteiger partial charge in [0.05, 0.1) is 96.5 Å². The van der Waals surface area contributed by atoms with E-state index < -0.39 is 92.6 Å². The molecule has 10 aromatic rings. The molecule has 8 amide bonds. The molecule has 16 heterocycles. The van der Waals surface area contributed by atoms with Crippen molar-refractivity contribution in [3.63, 3.8) is 0 Å². The SMILES string of the molecule is COC1CCC2(CC1)CN(C(=O)OC(C)(C)C)C(=O)c1cc3cnc(Cl)nc3n12.COC1CCC2(CC1)CN(C(=O)OC(C)(C)C)C(=O)c1cc3cnc(Cl)nc3n12.COC1CCC2(CC1)CN(C(=O)OC(C)(C)C)C(=O)c1cc3cnc(Nc4ccc(N5CCN(C)CC5)cn4)nc3n12.COC1CCC2(CC1)CN(C(=O)OC(C)(C)C)C(=O)c1cc3cnc(Nc4ccc(N5CCN(C)CC5)cn4)nc3n12. The van der Waals surface area contributed by atoms with Gasteiger partial charge in [0.25, 0.3) is 23.6 Å². The Bertz CT molecular complexity index is 6010. The average molecular weight is 2000 g/mol. The van der Waals surface area contributed by atoms with Crippen LogP contribution in [0.1, 0.15) is 228 Å². The van der Waals surface area contributed by atoms with Crippen molar-refractivity contribution < 1.29 is 76.3 Å². The van der Waals surface area contributed by atoms with E-state index in [0.29, 0.717) is 68.9 Å². The Hall–Kier alpha value is -11.9. The van der Waals surface area contributed by atoms with Crippen LogP contribution in [-0.2, 0) is 60.1 Å². The molecule has 0 unspecified atom stereocenters. The van der Waals surface area contributed by atoms with Gasteiger partial charge in [-0.1, -0.05) is 0 Å². The third-order valence-corrected chi connectivity index (χ3v) is 29.0. The standard InChI is InChI=1S/2C30H40N8O4.2C20H25ClN4O4/c2*1-29(2,3)42-28(40)37-19-30(10-8-22(41-5)9-11-30)38-23(26(37)39)16-20-17-32-27(34-25(20)38)33-24-7-6-21(18-31-24)36-14-12-35(4)13-15-36;2*1-19(2,3)29-18(27)24-11-20(7-5-13(28-4)6-8-20)25-14(16(24)26)9-12-10-22-17(21)23-15(12)25/h2*6-7,16-18,22H,8-15,19H2,1-5H3,(H,31,32,33,34);2*9-10,13H,5-8,11H2,1-4H3. The molecule has 6 aliphatic heterocycles. The number of carbonyl (C=O) groups excluding carboxylic acids is 8. The van der Waals surface area contributed by atoms with Gasteiger partial charge in [0.1, 0.15) is 79.4 Å². The van der Waals surface area contributed by atoms with Crippen LogP contribution < -0.4 is 20.4 Å². The second-order valence-corrected chi connectivity index (χ2v) is 43.7. The highest BCUT2D eigenvalue weighted by Crippen LogP contribution is 2.50. The first-order chi connectivity index (χ1) is 67.4. The maximum atomic E-state index is 13.7. The normalized spacial score (nSPS) is 23.9. The lowest BCUT2D eigenvalue weighted by atomic mass is 9.78. The predicted molar refractivity (Wildman–Crippen MR) is 533 cm³/mol. The number of ether oxygens (including phenoxy) is 8. The Morgan fingerprint density at radius 3 is 0.803 bits per heavy atom. The number of hydrogen-bond donors (Lipinski definition) is 2. The van der Waals surface area contributed by atoms with Crippen LogP contribution in [0.4, 0.5) is 54.1 Å². The van der Waals surface area contributed by atoms with Crippen molar-refractivity contribution in [2.75, 3.05) is 142 Å². The molecule has 2 N–H and O–H groups in total. The van der Waals surface area contributed by atoms with E-state index in [-0.39, 0.29) is 61.2 Å². The Labute approximate surface area is 834 Å². The van der Waals surface area contributed by atoms with Crippen molar-refractivity contribution in [1.29, 1.82) is 0 Å². The van der Waals surface area contributed by atoms with Crippen LogP contribution in [0, 0.1) is 0 Å². The van der Waals surface area contributed by atoms with Crippen LogP contribution in [0.2, 0.25) is 10.6 Å². The largest absolute Gasteiger partial charge is 0.443 e.